The molecule has 9 nitrogen and oxygen atoms in total. The van der Waals surface area contributed by atoms with Crippen LogP contribution in [0.15, 0.2) is 58.5 Å². The summed E-state index contributed by atoms with van der Waals surface area (Å²) in [7, 11) is 0. The molecule has 0 aliphatic carbocycles. The minimum atomic E-state index is -0.410. The Morgan fingerprint density at radius 1 is 1.03 bits per heavy atom. The maximum Gasteiger partial charge on any atom is 0.323 e. The van der Waals surface area contributed by atoms with Gasteiger partial charge in [0.1, 0.15) is 0 Å². The van der Waals surface area contributed by atoms with Crippen molar-refractivity contribution in [3.8, 4) is 5.69 Å². The molecule has 0 unspecified atom stereocenters. The van der Waals surface area contributed by atoms with Crippen LogP contribution in [0, 0.1) is 0 Å². The monoisotopic (exact) mass is 463 g/mol. The van der Waals surface area contributed by atoms with Gasteiger partial charge in [-0.25, -0.2) is 4.79 Å². The molecule has 0 spiro atoms. The van der Waals surface area contributed by atoms with Crippen LogP contribution in [0.2, 0.25) is 0 Å². The molecule has 0 saturated carbocycles. The Morgan fingerprint density at radius 2 is 1.79 bits per heavy atom. The first-order chi connectivity index (χ1) is 16.1. The Kier molecular flexibility index (Phi) is 5.91. The van der Waals surface area contributed by atoms with E-state index in [1.165, 1.54) is 18.2 Å². The molecule has 0 radical (unpaired) electrons. The number of anilines is 2. The normalized spacial score (nSPS) is 15.0. The zero-order valence-electron chi connectivity index (χ0n) is 18.2. The number of piperidine rings is 1. The van der Waals surface area contributed by atoms with Gasteiger partial charge in [0.2, 0.25) is 11.9 Å². The number of carbonyl (C=O) groups excluding carboxylic acids is 1. The lowest BCUT2D eigenvalue weighted by molar-refractivity contribution is -0.115. The van der Waals surface area contributed by atoms with E-state index < -0.39 is 5.25 Å². The summed E-state index contributed by atoms with van der Waals surface area (Å²) >= 11 is 1.37. The van der Waals surface area contributed by atoms with Crippen LogP contribution in [0.4, 0.5) is 11.6 Å². The standard InChI is InChI=1S/C23H25N7O2S/c1-15(20(31)24-16-10-11-18-19(14-16)26-21(32)25-18)33-23-28-27-22(29-12-6-3-7-13-29)30(23)17-8-4-2-5-9-17/h2,4-5,8-11,14-15H,3,6-7,12-13H2,1H3,(H,24,31)(H2,25,26,32)/t15-/m1/s1. The number of aromatic amines is 2. The second-order valence-corrected chi connectivity index (χ2v) is 9.40. The number of amides is 1. The minimum Gasteiger partial charge on any atom is -0.341 e. The molecule has 1 aliphatic heterocycles. The van der Waals surface area contributed by atoms with Crippen LogP contribution in [0.5, 0.6) is 0 Å². The number of H-pyrrole nitrogens is 2. The minimum absolute atomic E-state index is 0.153. The lowest BCUT2D eigenvalue weighted by atomic mass is 10.1. The summed E-state index contributed by atoms with van der Waals surface area (Å²) in [5, 5.41) is 12.1. The molecule has 1 atom stereocenters. The van der Waals surface area contributed by atoms with Crippen molar-refractivity contribution in [3.63, 3.8) is 0 Å². The molecule has 5 rings (SSSR count). The fraction of sp³-hybridized carbons (Fsp3) is 0.304. The average molecular weight is 464 g/mol. The Morgan fingerprint density at radius 3 is 2.58 bits per heavy atom. The number of imidazole rings is 1. The van der Waals surface area contributed by atoms with Crippen LogP contribution in [0.3, 0.4) is 0 Å². The number of aromatic nitrogens is 5. The van der Waals surface area contributed by atoms with E-state index in [4.69, 9.17) is 0 Å². The molecule has 170 valence electrons. The smallest absolute Gasteiger partial charge is 0.323 e. The predicted octanol–water partition coefficient (Wildman–Crippen LogP) is 3.55. The maximum absolute atomic E-state index is 12.9. The molecular weight excluding hydrogens is 438 g/mol. The summed E-state index contributed by atoms with van der Waals surface area (Å²) in [4.78, 5) is 32.1. The molecule has 1 fully saturated rings. The summed E-state index contributed by atoms with van der Waals surface area (Å²) in [5.74, 6) is 0.664. The Bertz CT molecular complexity index is 1320. The first-order valence-electron chi connectivity index (χ1n) is 11.0. The van der Waals surface area contributed by atoms with Crippen molar-refractivity contribution in [1.82, 2.24) is 24.7 Å². The molecule has 2 aromatic carbocycles. The van der Waals surface area contributed by atoms with E-state index in [1.54, 1.807) is 18.2 Å². The molecule has 3 N–H and O–H groups in total. The van der Waals surface area contributed by atoms with Gasteiger partial charge in [-0.3, -0.25) is 9.36 Å². The number of para-hydroxylation sites is 1. The molecule has 1 saturated heterocycles. The summed E-state index contributed by atoms with van der Waals surface area (Å²) in [6, 6.07) is 15.3. The molecule has 33 heavy (non-hydrogen) atoms. The fourth-order valence-corrected chi connectivity index (χ4v) is 4.87. The topological polar surface area (TPSA) is 112 Å². The van der Waals surface area contributed by atoms with Crippen molar-refractivity contribution >= 4 is 40.3 Å². The van der Waals surface area contributed by atoms with E-state index in [0.29, 0.717) is 21.9 Å². The summed E-state index contributed by atoms with van der Waals surface area (Å²) in [5.41, 5.74) is 2.66. The average Bonchev–Trinajstić information content (AvgIpc) is 3.42. The number of carbonyl (C=O) groups is 1. The van der Waals surface area contributed by atoms with Gasteiger partial charge in [0.25, 0.3) is 0 Å². The summed E-state index contributed by atoms with van der Waals surface area (Å²) in [6.07, 6.45) is 3.51. The number of hydrogen-bond acceptors (Lipinski definition) is 6. The van der Waals surface area contributed by atoms with E-state index in [2.05, 4.69) is 30.4 Å². The highest BCUT2D eigenvalue weighted by atomic mass is 32.2. The molecule has 4 aromatic rings. The predicted molar refractivity (Wildman–Crippen MR) is 130 cm³/mol. The zero-order chi connectivity index (χ0) is 22.8. The Balaban J connectivity index is 1.37. The number of nitrogens with zero attached hydrogens (tertiary/aromatic N) is 4. The van der Waals surface area contributed by atoms with Gasteiger partial charge in [-0.05, 0) is 56.5 Å². The molecule has 2 aromatic heterocycles. The highest BCUT2D eigenvalue weighted by molar-refractivity contribution is 8.00. The number of thioether (sulfide) groups is 1. The largest absolute Gasteiger partial charge is 0.341 e. The first-order valence-corrected chi connectivity index (χ1v) is 11.9. The van der Waals surface area contributed by atoms with E-state index in [-0.39, 0.29) is 11.6 Å². The van der Waals surface area contributed by atoms with Crippen LogP contribution in [0.25, 0.3) is 16.7 Å². The van der Waals surface area contributed by atoms with Gasteiger partial charge in [-0.1, -0.05) is 30.0 Å². The van der Waals surface area contributed by atoms with Crippen LogP contribution in [-0.4, -0.2) is 49.0 Å². The van der Waals surface area contributed by atoms with E-state index in [9.17, 15) is 9.59 Å². The number of hydrogen-bond donors (Lipinski definition) is 3. The van der Waals surface area contributed by atoms with Gasteiger partial charge in [-0.15, -0.1) is 10.2 Å². The quantitative estimate of drug-likeness (QED) is 0.377. The third-order valence-electron chi connectivity index (χ3n) is 5.70. The highest BCUT2D eigenvalue weighted by Gasteiger charge is 2.24. The van der Waals surface area contributed by atoms with Crippen molar-refractivity contribution in [3.05, 3.63) is 59.0 Å². The number of rotatable bonds is 6. The van der Waals surface area contributed by atoms with Gasteiger partial charge in [-0.2, -0.15) is 0 Å². The molecule has 10 heteroatoms. The fourth-order valence-electron chi connectivity index (χ4n) is 4.01. The summed E-state index contributed by atoms with van der Waals surface area (Å²) < 4.78 is 2.04. The van der Waals surface area contributed by atoms with Crippen LogP contribution >= 0.6 is 11.8 Å². The summed E-state index contributed by atoms with van der Waals surface area (Å²) in [6.45, 7) is 3.76. The van der Waals surface area contributed by atoms with E-state index in [1.807, 2.05) is 41.8 Å². The van der Waals surface area contributed by atoms with E-state index in [0.717, 1.165) is 37.6 Å². The van der Waals surface area contributed by atoms with Crippen molar-refractivity contribution < 1.29 is 4.79 Å². The first kappa shape index (κ1) is 21.3. The molecule has 1 aliphatic rings. The third kappa shape index (κ3) is 4.51. The molecule has 0 bridgehead atoms. The SMILES string of the molecule is C[C@@H](Sc1nnc(N2CCCCC2)n1-c1ccccc1)C(=O)Nc1ccc2[nH]c(=O)[nH]c2c1. The highest BCUT2D eigenvalue weighted by Crippen LogP contribution is 2.31. The van der Waals surface area contributed by atoms with Gasteiger partial charge in [0.15, 0.2) is 5.16 Å². The number of nitrogens with one attached hydrogen (secondary N) is 3. The van der Waals surface area contributed by atoms with Crippen molar-refractivity contribution in [2.45, 2.75) is 36.6 Å². The van der Waals surface area contributed by atoms with Gasteiger partial charge < -0.3 is 20.2 Å². The third-order valence-corrected chi connectivity index (χ3v) is 6.75. The molecule has 3 heterocycles. The number of benzene rings is 2. The van der Waals surface area contributed by atoms with Crippen molar-refractivity contribution in [2.75, 3.05) is 23.3 Å². The van der Waals surface area contributed by atoms with Gasteiger partial charge in [0, 0.05) is 18.8 Å². The van der Waals surface area contributed by atoms with E-state index >= 15 is 0 Å². The molecule has 1 amide bonds. The van der Waals surface area contributed by atoms with Gasteiger partial charge in [0.05, 0.1) is 22.0 Å². The Hall–Kier alpha value is -3.53. The van der Waals surface area contributed by atoms with Crippen LogP contribution in [-0.2, 0) is 4.79 Å². The number of fused-ring (bicyclic) bond motifs is 1. The zero-order valence-corrected chi connectivity index (χ0v) is 19.1. The Labute approximate surface area is 194 Å². The van der Waals surface area contributed by atoms with Gasteiger partial charge >= 0.3 is 5.69 Å². The van der Waals surface area contributed by atoms with Crippen LogP contribution < -0.4 is 15.9 Å². The maximum atomic E-state index is 12.9. The lowest BCUT2D eigenvalue weighted by Crippen LogP contribution is -2.31. The van der Waals surface area contributed by atoms with Crippen molar-refractivity contribution in [1.29, 1.82) is 0 Å². The lowest BCUT2D eigenvalue weighted by Gasteiger charge is -2.28. The molecular formula is C23H25N7O2S. The van der Waals surface area contributed by atoms with Crippen molar-refractivity contribution in [2.24, 2.45) is 0 Å². The second-order valence-electron chi connectivity index (χ2n) is 8.09. The second kappa shape index (κ2) is 9.14. The van der Waals surface area contributed by atoms with Crippen LogP contribution in [0.1, 0.15) is 26.2 Å².